The van der Waals surface area contributed by atoms with Gasteiger partial charge >= 0.3 is 0 Å². The van der Waals surface area contributed by atoms with Crippen molar-refractivity contribution in [3.8, 4) is 5.75 Å². The number of aromatic nitrogens is 1. The van der Waals surface area contributed by atoms with Crippen LogP contribution in [0.2, 0.25) is 0 Å². The highest BCUT2D eigenvalue weighted by Crippen LogP contribution is 2.09. The standard InChI is InChI=1S/C11H18N2O2/c1-4-9(12)7-15-10-5-8(2)13(3)11(14)6-10/h5-6,9H,4,7,12H2,1-3H3/t9-/m1/s1. The highest BCUT2D eigenvalue weighted by Gasteiger charge is 2.03. The van der Waals surface area contributed by atoms with Gasteiger partial charge in [0.05, 0.1) is 0 Å². The number of nitrogens with zero attached hydrogens (tertiary/aromatic N) is 1. The van der Waals surface area contributed by atoms with E-state index >= 15 is 0 Å². The molecule has 2 N–H and O–H groups in total. The van der Waals surface area contributed by atoms with Gasteiger partial charge in [0.2, 0.25) is 0 Å². The van der Waals surface area contributed by atoms with E-state index in [-0.39, 0.29) is 11.6 Å². The molecule has 4 nitrogen and oxygen atoms in total. The summed E-state index contributed by atoms with van der Waals surface area (Å²) in [7, 11) is 1.74. The third kappa shape index (κ3) is 3.09. The van der Waals surface area contributed by atoms with Gasteiger partial charge in [-0.2, -0.15) is 0 Å². The summed E-state index contributed by atoms with van der Waals surface area (Å²) in [6.45, 7) is 4.32. The van der Waals surface area contributed by atoms with Crippen LogP contribution < -0.4 is 16.0 Å². The lowest BCUT2D eigenvalue weighted by Gasteiger charge is -2.12. The van der Waals surface area contributed by atoms with Crippen LogP contribution in [0.1, 0.15) is 19.0 Å². The van der Waals surface area contributed by atoms with Gasteiger partial charge in [-0.1, -0.05) is 6.92 Å². The van der Waals surface area contributed by atoms with Gasteiger partial charge in [-0.05, 0) is 19.4 Å². The van der Waals surface area contributed by atoms with Crippen LogP contribution in [0.5, 0.6) is 5.75 Å². The predicted octanol–water partition coefficient (Wildman–Crippen LogP) is 0.810. The fraction of sp³-hybridized carbons (Fsp3) is 0.545. The second-order valence-corrected chi connectivity index (χ2v) is 3.71. The molecule has 0 fully saturated rings. The molecule has 0 aliphatic heterocycles. The number of aryl methyl sites for hydroxylation is 1. The zero-order valence-corrected chi connectivity index (χ0v) is 9.49. The molecule has 0 saturated heterocycles. The van der Waals surface area contributed by atoms with Crippen LogP contribution in [-0.4, -0.2) is 17.2 Å². The van der Waals surface area contributed by atoms with Gasteiger partial charge in [-0.3, -0.25) is 4.79 Å². The molecule has 1 atom stereocenters. The molecule has 15 heavy (non-hydrogen) atoms. The topological polar surface area (TPSA) is 57.2 Å². The Morgan fingerprint density at radius 2 is 2.20 bits per heavy atom. The van der Waals surface area contributed by atoms with Gasteiger partial charge < -0.3 is 15.0 Å². The highest BCUT2D eigenvalue weighted by molar-refractivity contribution is 5.23. The minimum atomic E-state index is -0.0601. The summed E-state index contributed by atoms with van der Waals surface area (Å²) < 4.78 is 7.01. The number of pyridine rings is 1. The van der Waals surface area contributed by atoms with Crippen molar-refractivity contribution in [3.05, 3.63) is 28.2 Å². The van der Waals surface area contributed by atoms with Crippen LogP contribution in [0.15, 0.2) is 16.9 Å². The van der Waals surface area contributed by atoms with Gasteiger partial charge in [0.25, 0.3) is 5.56 Å². The molecule has 0 radical (unpaired) electrons. The van der Waals surface area contributed by atoms with Gasteiger partial charge in [0.1, 0.15) is 12.4 Å². The van der Waals surface area contributed by atoms with E-state index in [4.69, 9.17) is 10.5 Å². The van der Waals surface area contributed by atoms with Crippen LogP contribution >= 0.6 is 0 Å². The van der Waals surface area contributed by atoms with Crippen molar-refractivity contribution in [1.82, 2.24) is 4.57 Å². The third-order valence-electron chi connectivity index (χ3n) is 2.46. The molecule has 1 aromatic rings. The normalized spacial score (nSPS) is 12.5. The van der Waals surface area contributed by atoms with E-state index in [0.29, 0.717) is 12.4 Å². The first-order valence-electron chi connectivity index (χ1n) is 5.10. The molecule has 0 aromatic carbocycles. The summed E-state index contributed by atoms with van der Waals surface area (Å²) in [5, 5.41) is 0. The molecule has 4 heteroatoms. The molecule has 0 saturated carbocycles. The Kier molecular flexibility index (Phi) is 3.91. The van der Waals surface area contributed by atoms with Crippen LogP contribution in [0.4, 0.5) is 0 Å². The van der Waals surface area contributed by atoms with E-state index < -0.39 is 0 Å². The first kappa shape index (κ1) is 11.8. The average Bonchev–Trinajstić information content (AvgIpc) is 2.22. The van der Waals surface area contributed by atoms with E-state index in [1.54, 1.807) is 11.6 Å². The maximum atomic E-state index is 11.4. The summed E-state index contributed by atoms with van der Waals surface area (Å²) in [4.78, 5) is 11.4. The van der Waals surface area contributed by atoms with Gasteiger partial charge in [-0.15, -0.1) is 0 Å². The second kappa shape index (κ2) is 4.98. The predicted molar refractivity (Wildman–Crippen MR) is 60.2 cm³/mol. The van der Waals surface area contributed by atoms with E-state index in [0.717, 1.165) is 12.1 Å². The SMILES string of the molecule is CC[C@@H](N)COc1cc(C)n(C)c(=O)c1. The largest absolute Gasteiger partial charge is 0.492 e. The summed E-state index contributed by atoms with van der Waals surface area (Å²) >= 11 is 0. The molecule has 0 amide bonds. The smallest absolute Gasteiger partial charge is 0.254 e. The number of nitrogens with two attached hydrogens (primary N) is 1. The van der Waals surface area contributed by atoms with E-state index in [1.807, 2.05) is 19.9 Å². The zero-order chi connectivity index (χ0) is 11.4. The Hall–Kier alpha value is -1.29. The van der Waals surface area contributed by atoms with Crippen molar-refractivity contribution < 1.29 is 4.74 Å². The first-order chi connectivity index (χ1) is 7.04. The summed E-state index contributed by atoms with van der Waals surface area (Å²) in [6, 6.07) is 3.34. The lowest BCUT2D eigenvalue weighted by molar-refractivity contribution is 0.284. The molecule has 0 aliphatic carbocycles. The van der Waals surface area contributed by atoms with Crippen LogP contribution in [0.25, 0.3) is 0 Å². The van der Waals surface area contributed by atoms with E-state index in [1.165, 1.54) is 6.07 Å². The average molecular weight is 210 g/mol. The van der Waals surface area contributed by atoms with Crippen LogP contribution in [0, 0.1) is 6.92 Å². The minimum Gasteiger partial charge on any atom is -0.492 e. The Bertz CT molecular complexity index is 385. The van der Waals surface area contributed by atoms with Crippen molar-refractivity contribution in [2.45, 2.75) is 26.3 Å². The molecule has 1 aromatic heterocycles. The fourth-order valence-electron chi connectivity index (χ4n) is 1.14. The third-order valence-corrected chi connectivity index (χ3v) is 2.46. The lowest BCUT2D eigenvalue weighted by atomic mass is 10.2. The Morgan fingerprint density at radius 1 is 1.53 bits per heavy atom. The van der Waals surface area contributed by atoms with Crippen molar-refractivity contribution in [2.24, 2.45) is 12.8 Å². The van der Waals surface area contributed by atoms with Gasteiger partial charge in [-0.25, -0.2) is 0 Å². The molecule has 0 spiro atoms. The molecule has 1 heterocycles. The second-order valence-electron chi connectivity index (χ2n) is 3.71. The first-order valence-corrected chi connectivity index (χ1v) is 5.10. The molecule has 0 aliphatic rings. The Labute approximate surface area is 89.7 Å². The van der Waals surface area contributed by atoms with Gasteiger partial charge in [0.15, 0.2) is 0 Å². The summed E-state index contributed by atoms with van der Waals surface area (Å²) in [5.74, 6) is 0.597. The fourth-order valence-corrected chi connectivity index (χ4v) is 1.14. The maximum absolute atomic E-state index is 11.4. The zero-order valence-electron chi connectivity index (χ0n) is 9.49. The summed E-state index contributed by atoms with van der Waals surface area (Å²) in [6.07, 6.45) is 0.865. The molecule has 84 valence electrons. The van der Waals surface area contributed by atoms with Crippen molar-refractivity contribution in [3.63, 3.8) is 0 Å². The van der Waals surface area contributed by atoms with Crippen molar-refractivity contribution in [2.75, 3.05) is 6.61 Å². The lowest BCUT2D eigenvalue weighted by Crippen LogP contribution is -2.27. The number of rotatable bonds is 4. The van der Waals surface area contributed by atoms with Crippen LogP contribution in [-0.2, 0) is 7.05 Å². The highest BCUT2D eigenvalue weighted by atomic mass is 16.5. The van der Waals surface area contributed by atoms with E-state index in [2.05, 4.69) is 0 Å². The number of hydrogen-bond donors (Lipinski definition) is 1. The summed E-state index contributed by atoms with van der Waals surface area (Å²) in [5.41, 5.74) is 6.54. The minimum absolute atomic E-state index is 0.0226. The molecular formula is C11H18N2O2. The molecular weight excluding hydrogens is 192 g/mol. The molecule has 0 unspecified atom stereocenters. The van der Waals surface area contributed by atoms with Crippen LogP contribution in [0.3, 0.4) is 0 Å². The van der Waals surface area contributed by atoms with Crippen molar-refractivity contribution >= 4 is 0 Å². The molecule has 0 bridgehead atoms. The number of hydrogen-bond acceptors (Lipinski definition) is 3. The Balaban J connectivity index is 2.75. The van der Waals surface area contributed by atoms with E-state index in [9.17, 15) is 4.79 Å². The van der Waals surface area contributed by atoms with Gasteiger partial charge in [0, 0.05) is 24.8 Å². The maximum Gasteiger partial charge on any atom is 0.254 e. The Morgan fingerprint density at radius 3 is 2.73 bits per heavy atom. The monoisotopic (exact) mass is 210 g/mol. The quantitative estimate of drug-likeness (QED) is 0.800. The van der Waals surface area contributed by atoms with Crippen molar-refractivity contribution in [1.29, 1.82) is 0 Å². The number of ether oxygens (including phenoxy) is 1. The molecule has 1 rings (SSSR count).